The van der Waals surface area contributed by atoms with E-state index in [2.05, 4.69) is 13.8 Å². The van der Waals surface area contributed by atoms with Crippen LogP contribution in [0.15, 0.2) is 0 Å². The maximum atomic E-state index is 13.1. The Morgan fingerprint density at radius 1 is 0.794 bits per heavy atom. The van der Waals surface area contributed by atoms with Gasteiger partial charge in [0.25, 0.3) is 0 Å². The maximum Gasteiger partial charge on any atom is 0.233 e. The van der Waals surface area contributed by atoms with E-state index in [1.54, 1.807) is 4.90 Å². The first-order valence-corrected chi connectivity index (χ1v) is 14.6. The summed E-state index contributed by atoms with van der Waals surface area (Å²) in [6.45, 7) is 7.90. The fourth-order valence-electron chi connectivity index (χ4n) is 8.14. The van der Waals surface area contributed by atoms with Crippen molar-refractivity contribution in [1.29, 1.82) is 0 Å². The lowest BCUT2D eigenvalue weighted by Crippen LogP contribution is -2.36. The first-order chi connectivity index (χ1) is 16.6. The third kappa shape index (κ3) is 5.40. The minimum atomic E-state index is -0.00169. The van der Waals surface area contributed by atoms with Crippen LogP contribution < -0.4 is 0 Å². The number of fused-ring (bicyclic) bond motifs is 1. The van der Waals surface area contributed by atoms with Crippen LogP contribution in [0.1, 0.15) is 90.9 Å². The van der Waals surface area contributed by atoms with Gasteiger partial charge < -0.3 is 9.47 Å². The third-order valence-corrected chi connectivity index (χ3v) is 10.3. The zero-order chi connectivity index (χ0) is 23.7. The summed E-state index contributed by atoms with van der Waals surface area (Å²) in [6, 6.07) is 0. The zero-order valence-corrected chi connectivity index (χ0v) is 21.6. The Kier molecular flexibility index (Phi) is 7.99. The molecule has 5 heteroatoms. The minimum absolute atomic E-state index is 0.00169. The number of carbonyl (C=O) groups is 2. The van der Waals surface area contributed by atoms with Crippen molar-refractivity contribution in [2.24, 2.45) is 47.3 Å². The molecule has 2 aliphatic heterocycles. The fraction of sp³-hybridized carbons (Fsp3) is 0.931. The molecule has 0 aromatic heterocycles. The Morgan fingerprint density at radius 3 is 2.09 bits per heavy atom. The molecule has 0 spiro atoms. The number of epoxide rings is 1. The summed E-state index contributed by atoms with van der Waals surface area (Å²) in [5.41, 5.74) is 0. The Labute approximate surface area is 206 Å². The van der Waals surface area contributed by atoms with Crippen LogP contribution in [0.3, 0.4) is 0 Å². The molecule has 0 aromatic carbocycles. The molecule has 5 fully saturated rings. The smallest absolute Gasteiger partial charge is 0.233 e. The van der Waals surface area contributed by atoms with E-state index in [-0.39, 0.29) is 23.7 Å². The molecule has 9 unspecified atom stereocenters. The van der Waals surface area contributed by atoms with E-state index in [9.17, 15) is 9.59 Å². The second-order valence-corrected chi connectivity index (χ2v) is 12.4. The van der Waals surface area contributed by atoms with Gasteiger partial charge in [0.2, 0.25) is 11.8 Å². The zero-order valence-electron chi connectivity index (χ0n) is 21.6. The molecule has 192 valence electrons. The molecular weight excluding hydrogens is 426 g/mol. The molecule has 0 radical (unpaired) electrons. The van der Waals surface area contributed by atoms with Crippen molar-refractivity contribution in [3.63, 3.8) is 0 Å². The van der Waals surface area contributed by atoms with Crippen LogP contribution in [0.25, 0.3) is 0 Å². The van der Waals surface area contributed by atoms with Crippen LogP contribution >= 0.6 is 0 Å². The molecule has 0 N–H and O–H groups in total. The van der Waals surface area contributed by atoms with Crippen molar-refractivity contribution < 1.29 is 19.1 Å². The van der Waals surface area contributed by atoms with Crippen molar-refractivity contribution in [3.05, 3.63) is 0 Å². The summed E-state index contributed by atoms with van der Waals surface area (Å²) < 4.78 is 11.3. The van der Waals surface area contributed by atoms with Gasteiger partial charge in [0.1, 0.15) is 6.10 Å². The number of rotatable bonds is 11. The summed E-state index contributed by atoms with van der Waals surface area (Å²) in [6.07, 6.45) is 14.7. The van der Waals surface area contributed by atoms with Crippen LogP contribution in [0.4, 0.5) is 0 Å². The molecule has 34 heavy (non-hydrogen) atoms. The highest BCUT2D eigenvalue weighted by molar-refractivity contribution is 6.05. The Hall–Kier alpha value is -0.940. The molecule has 5 nitrogen and oxygen atoms in total. The number of nitrogens with zero attached hydrogens (tertiary/aromatic N) is 1. The molecule has 3 saturated carbocycles. The lowest BCUT2D eigenvalue weighted by Gasteiger charge is -2.25. The van der Waals surface area contributed by atoms with Gasteiger partial charge in [-0.2, -0.15) is 0 Å². The highest BCUT2D eigenvalue weighted by Gasteiger charge is 2.49. The molecule has 0 bridgehead atoms. The van der Waals surface area contributed by atoms with Gasteiger partial charge in [-0.15, -0.1) is 0 Å². The second-order valence-electron chi connectivity index (χ2n) is 12.4. The van der Waals surface area contributed by atoms with Gasteiger partial charge in [-0.3, -0.25) is 14.5 Å². The fourth-order valence-corrected chi connectivity index (χ4v) is 8.14. The van der Waals surface area contributed by atoms with E-state index >= 15 is 0 Å². The van der Waals surface area contributed by atoms with E-state index in [0.717, 1.165) is 63.3 Å². The molecule has 2 amide bonds. The number of likely N-dealkylation sites (tertiary alicyclic amines) is 1. The van der Waals surface area contributed by atoms with Gasteiger partial charge >= 0.3 is 0 Å². The third-order valence-electron chi connectivity index (χ3n) is 10.3. The summed E-state index contributed by atoms with van der Waals surface area (Å²) in [4.78, 5) is 27.9. The van der Waals surface area contributed by atoms with E-state index in [1.165, 1.54) is 51.4 Å². The number of ether oxygens (including phenoxy) is 2. The molecule has 0 aromatic rings. The standard InChI is InChI=1S/C29H47NO4/c1-3-19-11-22(10-9-20-13-21(4-2)24(14-20)16-33-17-25-18-34-25)23(12-19)15-30-28(31)26-7-5-6-8-27(26)29(30)32/h19-27H,3-18H2,1-2H3. The quantitative estimate of drug-likeness (QED) is 0.295. The van der Waals surface area contributed by atoms with Crippen LogP contribution in [0.5, 0.6) is 0 Å². The van der Waals surface area contributed by atoms with Crippen LogP contribution in [0, 0.1) is 47.3 Å². The molecule has 9 atom stereocenters. The average molecular weight is 474 g/mol. The van der Waals surface area contributed by atoms with Crippen LogP contribution in [0.2, 0.25) is 0 Å². The predicted octanol–water partition coefficient (Wildman–Crippen LogP) is 5.46. The van der Waals surface area contributed by atoms with Crippen LogP contribution in [-0.2, 0) is 19.1 Å². The number of amides is 2. The average Bonchev–Trinajstić information content (AvgIpc) is 3.39. The second kappa shape index (κ2) is 11.0. The summed E-state index contributed by atoms with van der Waals surface area (Å²) >= 11 is 0. The highest BCUT2D eigenvalue weighted by atomic mass is 16.6. The van der Waals surface area contributed by atoms with Gasteiger partial charge in [-0.1, -0.05) is 46.0 Å². The lowest BCUT2D eigenvalue weighted by molar-refractivity contribution is -0.140. The largest absolute Gasteiger partial charge is 0.378 e. The van der Waals surface area contributed by atoms with Crippen molar-refractivity contribution >= 4 is 11.8 Å². The molecule has 5 aliphatic rings. The molecule has 2 saturated heterocycles. The predicted molar refractivity (Wildman–Crippen MR) is 132 cm³/mol. The Bertz CT molecular complexity index is 697. The topological polar surface area (TPSA) is 59.1 Å². The molecule has 3 aliphatic carbocycles. The van der Waals surface area contributed by atoms with E-state index in [1.807, 2.05) is 0 Å². The molecular formula is C29H47NO4. The van der Waals surface area contributed by atoms with E-state index in [0.29, 0.717) is 30.4 Å². The maximum absolute atomic E-state index is 13.1. The monoisotopic (exact) mass is 473 g/mol. The number of hydrogen-bond donors (Lipinski definition) is 0. The van der Waals surface area contributed by atoms with Crippen molar-refractivity contribution in [1.82, 2.24) is 4.90 Å². The molecule has 5 rings (SSSR count). The first-order valence-electron chi connectivity index (χ1n) is 14.6. The highest BCUT2D eigenvalue weighted by Crippen LogP contribution is 2.46. The van der Waals surface area contributed by atoms with Crippen molar-refractivity contribution in [3.8, 4) is 0 Å². The van der Waals surface area contributed by atoms with Gasteiger partial charge in [0, 0.05) is 13.2 Å². The minimum Gasteiger partial charge on any atom is -0.378 e. The van der Waals surface area contributed by atoms with Gasteiger partial charge in [-0.25, -0.2) is 0 Å². The summed E-state index contributed by atoms with van der Waals surface area (Å²) in [7, 11) is 0. The van der Waals surface area contributed by atoms with E-state index < -0.39 is 0 Å². The number of imide groups is 1. The van der Waals surface area contributed by atoms with Gasteiger partial charge in [0.15, 0.2) is 0 Å². The Balaban J connectivity index is 1.14. The normalized spacial score (nSPS) is 41.9. The molecule has 2 heterocycles. The van der Waals surface area contributed by atoms with Gasteiger partial charge in [-0.05, 0) is 80.5 Å². The van der Waals surface area contributed by atoms with Crippen molar-refractivity contribution in [2.75, 3.05) is 26.4 Å². The number of carbonyl (C=O) groups excluding carboxylic acids is 2. The summed E-state index contributed by atoms with van der Waals surface area (Å²) in [5, 5.41) is 0. The SMILES string of the molecule is CCC1CC(CCC2CC(CC)C(COCC3CO3)C2)C(CN2C(=O)C3CCCCC3C2=O)C1. The van der Waals surface area contributed by atoms with E-state index in [4.69, 9.17) is 9.47 Å². The summed E-state index contributed by atoms with van der Waals surface area (Å²) in [5.74, 6) is 4.60. The lowest BCUT2D eigenvalue weighted by atomic mass is 9.81. The van der Waals surface area contributed by atoms with Gasteiger partial charge in [0.05, 0.1) is 25.0 Å². The van der Waals surface area contributed by atoms with Crippen molar-refractivity contribution in [2.45, 2.75) is 97.0 Å². The Morgan fingerprint density at radius 2 is 1.44 bits per heavy atom. The first kappa shape index (κ1) is 24.7. The number of hydrogen-bond acceptors (Lipinski definition) is 4. The van der Waals surface area contributed by atoms with Crippen LogP contribution in [-0.4, -0.2) is 49.2 Å².